The lowest BCUT2D eigenvalue weighted by Gasteiger charge is -2.26. The summed E-state index contributed by atoms with van der Waals surface area (Å²) in [7, 11) is 3.28. The van der Waals surface area contributed by atoms with E-state index in [-0.39, 0.29) is 18.1 Å². The summed E-state index contributed by atoms with van der Waals surface area (Å²) in [5.41, 5.74) is 0.463. The molecule has 0 saturated carbocycles. The van der Waals surface area contributed by atoms with E-state index in [1.165, 1.54) is 4.90 Å². The fourth-order valence-electron chi connectivity index (χ4n) is 3.06. The number of carbonyl (C=O) groups is 1. The highest BCUT2D eigenvalue weighted by Crippen LogP contribution is 2.32. The smallest absolute Gasteiger partial charge is 0.379 e. The maximum Gasteiger partial charge on any atom is 0.433 e. The molecule has 28 heavy (non-hydrogen) atoms. The van der Waals surface area contributed by atoms with Crippen LogP contribution in [-0.4, -0.2) is 72.4 Å². The Bertz CT molecular complexity index is 810. The standard InChI is InChI=1S/C19H23F3N4O2/c1-24(2)18(27)15-5-3-14(4-6-15)16-13-17(19(20,21)22)26(23-16)8-7-25-9-11-28-12-10-25/h3-6,13H,7-12H2,1-2H3. The number of benzene rings is 1. The highest BCUT2D eigenvalue weighted by Gasteiger charge is 2.36. The molecule has 0 radical (unpaired) electrons. The molecule has 3 rings (SSSR count). The van der Waals surface area contributed by atoms with Crippen molar-refractivity contribution < 1.29 is 22.7 Å². The van der Waals surface area contributed by atoms with E-state index in [2.05, 4.69) is 10.00 Å². The monoisotopic (exact) mass is 396 g/mol. The average molecular weight is 396 g/mol. The number of hydrogen-bond donors (Lipinski definition) is 0. The largest absolute Gasteiger partial charge is 0.433 e. The number of halogens is 3. The Kier molecular flexibility index (Phi) is 6.04. The lowest BCUT2D eigenvalue weighted by Crippen LogP contribution is -2.38. The van der Waals surface area contributed by atoms with Gasteiger partial charge in [0.2, 0.25) is 0 Å². The molecule has 1 aliphatic rings. The van der Waals surface area contributed by atoms with Gasteiger partial charge in [0.25, 0.3) is 5.91 Å². The van der Waals surface area contributed by atoms with Gasteiger partial charge in [-0.15, -0.1) is 0 Å². The van der Waals surface area contributed by atoms with E-state index in [1.54, 1.807) is 38.4 Å². The Hall–Kier alpha value is -2.39. The molecular formula is C19H23F3N4O2. The Labute approximate surface area is 161 Å². The zero-order valence-electron chi connectivity index (χ0n) is 15.9. The minimum absolute atomic E-state index is 0.145. The first kappa shape index (κ1) is 20.3. The van der Waals surface area contributed by atoms with Crippen molar-refractivity contribution in [1.82, 2.24) is 19.6 Å². The van der Waals surface area contributed by atoms with Gasteiger partial charge < -0.3 is 9.64 Å². The highest BCUT2D eigenvalue weighted by molar-refractivity contribution is 5.94. The lowest BCUT2D eigenvalue weighted by atomic mass is 10.1. The van der Waals surface area contributed by atoms with Gasteiger partial charge in [0.1, 0.15) is 5.69 Å². The van der Waals surface area contributed by atoms with Gasteiger partial charge in [0.15, 0.2) is 0 Å². The fraction of sp³-hybridized carbons (Fsp3) is 0.474. The second-order valence-electron chi connectivity index (χ2n) is 6.87. The van der Waals surface area contributed by atoms with Crippen LogP contribution in [0.2, 0.25) is 0 Å². The predicted molar refractivity (Wildman–Crippen MR) is 97.9 cm³/mol. The van der Waals surface area contributed by atoms with Crippen molar-refractivity contribution in [3.8, 4) is 11.3 Å². The third-order valence-corrected chi connectivity index (χ3v) is 4.64. The van der Waals surface area contributed by atoms with Crippen LogP contribution in [0.5, 0.6) is 0 Å². The van der Waals surface area contributed by atoms with Crippen LogP contribution >= 0.6 is 0 Å². The van der Waals surface area contributed by atoms with Gasteiger partial charge >= 0.3 is 6.18 Å². The molecule has 0 spiro atoms. The summed E-state index contributed by atoms with van der Waals surface area (Å²) < 4.78 is 46.7. The molecule has 0 N–H and O–H groups in total. The number of nitrogens with zero attached hydrogens (tertiary/aromatic N) is 4. The molecule has 1 aromatic heterocycles. The lowest BCUT2D eigenvalue weighted by molar-refractivity contribution is -0.144. The number of carbonyl (C=O) groups excluding carboxylic acids is 1. The first-order valence-electron chi connectivity index (χ1n) is 9.03. The van der Waals surface area contributed by atoms with Crippen molar-refractivity contribution in [3.63, 3.8) is 0 Å². The van der Waals surface area contributed by atoms with Gasteiger partial charge in [-0.2, -0.15) is 18.3 Å². The van der Waals surface area contributed by atoms with Crippen molar-refractivity contribution in [2.24, 2.45) is 0 Å². The zero-order chi connectivity index (χ0) is 20.3. The first-order valence-corrected chi connectivity index (χ1v) is 9.03. The summed E-state index contributed by atoms with van der Waals surface area (Å²) >= 11 is 0. The van der Waals surface area contributed by atoms with Crippen molar-refractivity contribution in [1.29, 1.82) is 0 Å². The van der Waals surface area contributed by atoms with Crippen LogP contribution in [0.15, 0.2) is 30.3 Å². The molecule has 1 fully saturated rings. The van der Waals surface area contributed by atoms with Crippen LogP contribution in [0.1, 0.15) is 16.1 Å². The third kappa shape index (κ3) is 4.71. The van der Waals surface area contributed by atoms with E-state index in [4.69, 9.17) is 4.74 Å². The maximum atomic E-state index is 13.5. The minimum atomic E-state index is -4.49. The van der Waals surface area contributed by atoms with Gasteiger partial charge in [0.05, 0.1) is 25.5 Å². The molecular weight excluding hydrogens is 373 g/mol. The molecule has 2 aromatic rings. The van der Waals surface area contributed by atoms with Crippen molar-refractivity contribution >= 4 is 5.91 Å². The number of aromatic nitrogens is 2. The first-order chi connectivity index (χ1) is 13.3. The Balaban J connectivity index is 1.81. The van der Waals surface area contributed by atoms with Crippen molar-refractivity contribution in [2.75, 3.05) is 46.9 Å². The van der Waals surface area contributed by atoms with Gasteiger partial charge in [-0.1, -0.05) is 12.1 Å². The molecule has 1 aromatic carbocycles. The van der Waals surface area contributed by atoms with E-state index in [0.29, 0.717) is 44.0 Å². The summed E-state index contributed by atoms with van der Waals surface area (Å²) in [6.45, 7) is 3.21. The molecule has 1 saturated heterocycles. The van der Waals surface area contributed by atoms with E-state index >= 15 is 0 Å². The maximum absolute atomic E-state index is 13.5. The van der Waals surface area contributed by atoms with Crippen LogP contribution in [0.4, 0.5) is 13.2 Å². The Morgan fingerprint density at radius 3 is 2.36 bits per heavy atom. The summed E-state index contributed by atoms with van der Waals surface area (Å²) in [6, 6.07) is 7.48. The number of rotatable bonds is 5. The molecule has 2 heterocycles. The van der Waals surface area contributed by atoms with Crippen LogP contribution in [0.3, 0.4) is 0 Å². The van der Waals surface area contributed by atoms with Gasteiger partial charge in [-0.05, 0) is 18.2 Å². The van der Waals surface area contributed by atoms with E-state index in [1.807, 2.05) is 0 Å². The van der Waals surface area contributed by atoms with Crippen molar-refractivity contribution in [3.05, 3.63) is 41.6 Å². The average Bonchev–Trinajstić information content (AvgIpc) is 3.11. The van der Waals surface area contributed by atoms with Gasteiger partial charge in [0, 0.05) is 44.9 Å². The van der Waals surface area contributed by atoms with Gasteiger partial charge in [-0.3, -0.25) is 14.4 Å². The quantitative estimate of drug-likeness (QED) is 0.780. The molecule has 0 atom stereocenters. The Morgan fingerprint density at radius 2 is 1.79 bits per heavy atom. The zero-order valence-corrected chi connectivity index (χ0v) is 15.9. The molecule has 9 heteroatoms. The topological polar surface area (TPSA) is 50.6 Å². The number of morpholine rings is 1. The molecule has 0 bridgehead atoms. The molecule has 1 amide bonds. The summed E-state index contributed by atoms with van der Waals surface area (Å²) in [5, 5.41) is 4.18. The molecule has 1 aliphatic heterocycles. The molecule has 0 aliphatic carbocycles. The number of hydrogen-bond acceptors (Lipinski definition) is 4. The number of amides is 1. The number of alkyl halides is 3. The Morgan fingerprint density at radius 1 is 1.14 bits per heavy atom. The normalized spacial score (nSPS) is 15.6. The van der Waals surface area contributed by atoms with E-state index in [0.717, 1.165) is 10.7 Å². The second-order valence-corrected chi connectivity index (χ2v) is 6.87. The molecule has 152 valence electrons. The minimum Gasteiger partial charge on any atom is -0.379 e. The van der Waals surface area contributed by atoms with E-state index < -0.39 is 11.9 Å². The van der Waals surface area contributed by atoms with E-state index in [9.17, 15) is 18.0 Å². The summed E-state index contributed by atoms with van der Waals surface area (Å²) in [5.74, 6) is -0.168. The van der Waals surface area contributed by atoms with Crippen LogP contribution < -0.4 is 0 Å². The fourth-order valence-corrected chi connectivity index (χ4v) is 3.06. The molecule has 0 unspecified atom stereocenters. The highest BCUT2D eigenvalue weighted by atomic mass is 19.4. The van der Waals surface area contributed by atoms with Crippen LogP contribution in [0, 0.1) is 0 Å². The summed E-state index contributed by atoms with van der Waals surface area (Å²) in [4.78, 5) is 15.5. The van der Waals surface area contributed by atoms with Gasteiger partial charge in [-0.25, -0.2) is 0 Å². The van der Waals surface area contributed by atoms with Crippen molar-refractivity contribution in [2.45, 2.75) is 12.7 Å². The number of ether oxygens (including phenoxy) is 1. The summed E-state index contributed by atoms with van der Waals surface area (Å²) in [6.07, 6.45) is -4.49. The van der Waals surface area contributed by atoms with Crippen LogP contribution in [0.25, 0.3) is 11.3 Å². The molecule has 6 nitrogen and oxygen atoms in total. The second kappa shape index (κ2) is 8.32. The predicted octanol–water partition coefficient (Wildman–Crippen LogP) is 2.60. The third-order valence-electron chi connectivity index (χ3n) is 4.64. The van der Waals surface area contributed by atoms with Crippen LogP contribution in [-0.2, 0) is 17.5 Å². The SMILES string of the molecule is CN(C)C(=O)c1ccc(-c2cc(C(F)(F)F)n(CCN3CCOCC3)n2)cc1.